The monoisotopic (exact) mass is 385 g/mol. The van der Waals surface area contributed by atoms with Gasteiger partial charge in [0.25, 0.3) is 11.8 Å². The van der Waals surface area contributed by atoms with Crippen molar-refractivity contribution in [2.24, 2.45) is 5.73 Å². The number of nitrogens with one attached hydrogen (secondary N) is 1. The Hall–Kier alpha value is -3.44. The molecule has 5 heteroatoms. The average molecular weight is 385 g/mol. The van der Waals surface area contributed by atoms with Crippen molar-refractivity contribution < 1.29 is 9.59 Å². The maximum Gasteiger partial charge on any atom is 0.255 e. The number of nitrogens with zero attached hydrogens (tertiary/aromatic N) is 1. The third kappa shape index (κ3) is 4.36. The largest absolute Gasteiger partial charge is 0.366 e. The smallest absolute Gasteiger partial charge is 0.255 e. The minimum atomic E-state index is -0.570. The molecule has 0 fully saturated rings. The minimum Gasteiger partial charge on any atom is -0.366 e. The van der Waals surface area contributed by atoms with Crippen LogP contribution in [0.2, 0.25) is 0 Å². The number of amides is 2. The molecule has 2 amide bonds. The third-order valence-corrected chi connectivity index (χ3v) is 5.27. The molecule has 0 saturated carbocycles. The quantitative estimate of drug-likeness (QED) is 0.705. The Labute approximate surface area is 170 Å². The lowest BCUT2D eigenvalue weighted by Crippen LogP contribution is -2.29. The number of primary amides is 1. The van der Waals surface area contributed by atoms with Crippen molar-refractivity contribution in [1.82, 2.24) is 4.90 Å². The SMILES string of the molecule is NC(=O)c1ccccc1NC(=O)c1ccc(CN2CCc3ccccc3C2)cc1. The van der Waals surface area contributed by atoms with Crippen LogP contribution in [0, 0.1) is 0 Å². The topological polar surface area (TPSA) is 75.4 Å². The van der Waals surface area contributed by atoms with Crippen LogP contribution in [0.5, 0.6) is 0 Å². The number of carbonyl (C=O) groups excluding carboxylic acids is 2. The summed E-state index contributed by atoms with van der Waals surface area (Å²) >= 11 is 0. The molecule has 3 aromatic rings. The Morgan fingerprint density at radius 2 is 1.59 bits per heavy atom. The first-order valence-corrected chi connectivity index (χ1v) is 9.68. The van der Waals surface area contributed by atoms with Gasteiger partial charge in [0, 0.05) is 25.2 Å². The van der Waals surface area contributed by atoms with E-state index in [1.54, 1.807) is 24.3 Å². The van der Waals surface area contributed by atoms with E-state index in [2.05, 4.69) is 34.5 Å². The molecule has 0 aromatic heterocycles. The summed E-state index contributed by atoms with van der Waals surface area (Å²) in [6, 6.07) is 22.9. The Morgan fingerprint density at radius 3 is 2.34 bits per heavy atom. The number of hydrogen-bond acceptors (Lipinski definition) is 3. The van der Waals surface area contributed by atoms with Crippen molar-refractivity contribution in [2.45, 2.75) is 19.5 Å². The second-order valence-electron chi connectivity index (χ2n) is 7.29. The van der Waals surface area contributed by atoms with E-state index in [9.17, 15) is 9.59 Å². The fourth-order valence-electron chi connectivity index (χ4n) is 3.71. The van der Waals surface area contributed by atoms with Gasteiger partial charge in [0.2, 0.25) is 0 Å². The van der Waals surface area contributed by atoms with Gasteiger partial charge in [-0.1, -0.05) is 48.5 Å². The van der Waals surface area contributed by atoms with E-state index >= 15 is 0 Å². The molecule has 3 aromatic carbocycles. The standard InChI is InChI=1S/C24H23N3O2/c25-23(28)21-7-3-4-8-22(21)26-24(29)19-11-9-17(10-12-19)15-27-14-13-18-5-1-2-6-20(18)16-27/h1-12H,13-16H2,(H2,25,28)(H,26,29). The molecule has 0 aliphatic carbocycles. The Kier molecular flexibility index (Phi) is 5.40. The molecule has 0 radical (unpaired) electrons. The summed E-state index contributed by atoms with van der Waals surface area (Å²) in [6.45, 7) is 2.83. The predicted octanol–water partition coefficient (Wildman–Crippen LogP) is 3.60. The zero-order valence-electron chi connectivity index (χ0n) is 16.1. The number of nitrogens with two attached hydrogens (primary N) is 1. The van der Waals surface area contributed by atoms with E-state index in [0.29, 0.717) is 16.8 Å². The molecular weight excluding hydrogens is 362 g/mol. The van der Waals surface area contributed by atoms with Crippen LogP contribution < -0.4 is 11.1 Å². The second-order valence-corrected chi connectivity index (χ2v) is 7.29. The van der Waals surface area contributed by atoms with E-state index in [0.717, 1.165) is 26.1 Å². The normalized spacial score (nSPS) is 13.5. The number of carbonyl (C=O) groups is 2. The zero-order valence-corrected chi connectivity index (χ0v) is 16.1. The van der Waals surface area contributed by atoms with Crippen molar-refractivity contribution in [3.8, 4) is 0 Å². The molecule has 4 rings (SSSR count). The molecule has 0 unspecified atom stereocenters. The molecule has 0 saturated heterocycles. The van der Waals surface area contributed by atoms with Crippen molar-refractivity contribution in [2.75, 3.05) is 11.9 Å². The van der Waals surface area contributed by atoms with Crippen LogP contribution in [-0.2, 0) is 19.5 Å². The van der Waals surface area contributed by atoms with E-state index in [4.69, 9.17) is 5.73 Å². The van der Waals surface area contributed by atoms with Crippen LogP contribution in [0.15, 0.2) is 72.8 Å². The minimum absolute atomic E-state index is 0.267. The van der Waals surface area contributed by atoms with E-state index in [1.165, 1.54) is 16.7 Å². The van der Waals surface area contributed by atoms with Gasteiger partial charge in [-0.2, -0.15) is 0 Å². The number of fused-ring (bicyclic) bond motifs is 1. The van der Waals surface area contributed by atoms with E-state index in [-0.39, 0.29) is 5.91 Å². The molecule has 146 valence electrons. The maximum atomic E-state index is 12.6. The third-order valence-electron chi connectivity index (χ3n) is 5.27. The molecule has 3 N–H and O–H groups in total. The molecule has 1 aliphatic rings. The molecule has 5 nitrogen and oxygen atoms in total. The number of hydrogen-bond donors (Lipinski definition) is 2. The van der Waals surface area contributed by atoms with Crippen molar-refractivity contribution in [3.63, 3.8) is 0 Å². The predicted molar refractivity (Wildman–Crippen MR) is 114 cm³/mol. The lowest BCUT2D eigenvalue weighted by Gasteiger charge is -2.28. The highest BCUT2D eigenvalue weighted by Gasteiger charge is 2.16. The van der Waals surface area contributed by atoms with Crippen LogP contribution in [0.1, 0.15) is 37.4 Å². The van der Waals surface area contributed by atoms with Gasteiger partial charge < -0.3 is 11.1 Å². The van der Waals surface area contributed by atoms with E-state index < -0.39 is 5.91 Å². The number of anilines is 1. The van der Waals surface area contributed by atoms with Crippen LogP contribution in [0.4, 0.5) is 5.69 Å². The lowest BCUT2D eigenvalue weighted by molar-refractivity contribution is 0.100. The van der Waals surface area contributed by atoms with Crippen molar-refractivity contribution in [3.05, 3.63) is 101 Å². The summed E-state index contributed by atoms with van der Waals surface area (Å²) in [4.78, 5) is 26.5. The maximum absolute atomic E-state index is 12.6. The highest BCUT2D eigenvalue weighted by Crippen LogP contribution is 2.21. The highest BCUT2D eigenvalue weighted by atomic mass is 16.2. The Balaban J connectivity index is 1.41. The number of rotatable bonds is 5. The van der Waals surface area contributed by atoms with Gasteiger partial charge in [-0.25, -0.2) is 0 Å². The van der Waals surface area contributed by atoms with Gasteiger partial charge in [-0.15, -0.1) is 0 Å². The molecule has 0 spiro atoms. The summed E-state index contributed by atoms with van der Waals surface area (Å²) < 4.78 is 0. The molecule has 1 heterocycles. The average Bonchev–Trinajstić information content (AvgIpc) is 2.74. The summed E-state index contributed by atoms with van der Waals surface area (Å²) in [7, 11) is 0. The number of benzene rings is 3. The fraction of sp³-hybridized carbons (Fsp3) is 0.167. The van der Waals surface area contributed by atoms with Crippen LogP contribution in [0.25, 0.3) is 0 Å². The Morgan fingerprint density at radius 1 is 0.897 bits per heavy atom. The molecule has 0 bridgehead atoms. The van der Waals surface area contributed by atoms with Gasteiger partial charge in [0.1, 0.15) is 0 Å². The first-order chi connectivity index (χ1) is 14.1. The van der Waals surface area contributed by atoms with Gasteiger partial charge >= 0.3 is 0 Å². The van der Waals surface area contributed by atoms with Gasteiger partial charge in [-0.05, 0) is 47.4 Å². The molecule has 29 heavy (non-hydrogen) atoms. The Bertz CT molecular complexity index is 1040. The summed E-state index contributed by atoms with van der Waals surface area (Å²) in [5.41, 5.74) is 10.6. The first-order valence-electron chi connectivity index (χ1n) is 9.68. The lowest BCUT2D eigenvalue weighted by atomic mass is 9.99. The van der Waals surface area contributed by atoms with Crippen LogP contribution >= 0.6 is 0 Å². The van der Waals surface area contributed by atoms with Crippen molar-refractivity contribution >= 4 is 17.5 Å². The molecular formula is C24H23N3O2. The van der Waals surface area contributed by atoms with Gasteiger partial charge in [0.15, 0.2) is 0 Å². The summed E-state index contributed by atoms with van der Waals surface area (Å²) in [5.74, 6) is -0.837. The first kappa shape index (κ1) is 18.9. The second kappa shape index (κ2) is 8.29. The van der Waals surface area contributed by atoms with Crippen LogP contribution in [-0.4, -0.2) is 23.3 Å². The zero-order chi connectivity index (χ0) is 20.2. The fourth-order valence-corrected chi connectivity index (χ4v) is 3.71. The van der Waals surface area contributed by atoms with Gasteiger partial charge in [0.05, 0.1) is 11.3 Å². The van der Waals surface area contributed by atoms with Crippen LogP contribution in [0.3, 0.4) is 0 Å². The molecule has 0 atom stereocenters. The summed E-state index contributed by atoms with van der Waals surface area (Å²) in [6.07, 6.45) is 1.07. The summed E-state index contributed by atoms with van der Waals surface area (Å²) in [5, 5.41) is 2.77. The van der Waals surface area contributed by atoms with Gasteiger partial charge in [-0.3, -0.25) is 14.5 Å². The highest BCUT2D eigenvalue weighted by molar-refractivity contribution is 6.08. The van der Waals surface area contributed by atoms with E-state index in [1.807, 2.05) is 24.3 Å². The number of para-hydroxylation sites is 1. The van der Waals surface area contributed by atoms with Crippen molar-refractivity contribution in [1.29, 1.82) is 0 Å². The molecule has 1 aliphatic heterocycles.